The minimum Gasteiger partial charge on any atom is -0.353 e. The van der Waals surface area contributed by atoms with Gasteiger partial charge >= 0.3 is 0 Å². The number of fused-ring (bicyclic) bond motifs is 3. The summed E-state index contributed by atoms with van der Waals surface area (Å²) in [5.41, 5.74) is 1.63. The number of piperidine rings is 1. The Morgan fingerprint density at radius 3 is 2.88 bits per heavy atom. The van der Waals surface area contributed by atoms with Crippen molar-refractivity contribution in [2.45, 2.75) is 25.3 Å². The maximum Gasteiger partial charge on any atom is 0.180 e. The molecule has 1 saturated carbocycles. The lowest BCUT2D eigenvalue weighted by atomic mass is 10.1. The van der Waals surface area contributed by atoms with Gasteiger partial charge in [-0.05, 0) is 37.3 Å². The number of rotatable bonds is 1. The minimum atomic E-state index is 0.710. The van der Waals surface area contributed by atoms with Gasteiger partial charge in [0.2, 0.25) is 0 Å². The largest absolute Gasteiger partial charge is 0.353 e. The van der Waals surface area contributed by atoms with E-state index < -0.39 is 0 Å². The molecule has 86 valence electrons. The van der Waals surface area contributed by atoms with Crippen LogP contribution in [0.4, 0.5) is 5.82 Å². The van der Waals surface area contributed by atoms with Gasteiger partial charge in [-0.2, -0.15) is 0 Å². The molecular formula is C13H14N4. The number of aromatic nitrogens is 3. The van der Waals surface area contributed by atoms with Crippen molar-refractivity contribution >= 4 is 17.0 Å². The zero-order valence-electron chi connectivity index (χ0n) is 9.58. The quantitative estimate of drug-likeness (QED) is 0.746. The third-order valence-corrected chi connectivity index (χ3v) is 4.02. The van der Waals surface area contributed by atoms with E-state index in [1.54, 1.807) is 12.4 Å². The maximum atomic E-state index is 4.63. The average molecular weight is 226 g/mol. The standard InChI is InChI=1S/C13H14N4/c1-2-10-7-9(1)8-17(10)12-4-3-11-13(16-12)15-6-5-14-11/h3-6,9-10H,1-2,7-8H2/t9-,10-/m0/s1. The molecule has 4 rings (SSSR count). The fraction of sp³-hybridized carbons (Fsp3) is 0.462. The number of anilines is 1. The first-order valence-corrected chi connectivity index (χ1v) is 6.24. The molecule has 0 aromatic carbocycles. The molecule has 0 spiro atoms. The van der Waals surface area contributed by atoms with E-state index in [2.05, 4.69) is 25.9 Å². The van der Waals surface area contributed by atoms with E-state index in [9.17, 15) is 0 Å². The van der Waals surface area contributed by atoms with Crippen LogP contribution in [0.2, 0.25) is 0 Å². The zero-order valence-corrected chi connectivity index (χ0v) is 9.58. The first kappa shape index (κ1) is 9.33. The van der Waals surface area contributed by atoms with Gasteiger partial charge in [-0.3, -0.25) is 4.98 Å². The third kappa shape index (κ3) is 1.40. The van der Waals surface area contributed by atoms with Gasteiger partial charge in [0.25, 0.3) is 0 Å². The Balaban J connectivity index is 1.76. The maximum absolute atomic E-state index is 4.63. The molecule has 1 aliphatic carbocycles. The molecule has 2 aliphatic rings. The molecule has 4 nitrogen and oxygen atoms in total. The molecule has 2 fully saturated rings. The summed E-state index contributed by atoms with van der Waals surface area (Å²) in [6, 6.07) is 4.82. The minimum absolute atomic E-state index is 0.710. The van der Waals surface area contributed by atoms with Gasteiger partial charge in [-0.1, -0.05) is 0 Å². The smallest absolute Gasteiger partial charge is 0.180 e. The summed E-state index contributed by atoms with van der Waals surface area (Å²) in [5, 5.41) is 0. The highest BCUT2D eigenvalue weighted by molar-refractivity contribution is 5.71. The van der Waals surface area contributed by atoms with Crippen molar-refractivity contribution in [2.24, 2.45) is 5.92 Å². The van der Waals surface area contributed by atoms with E-state index in [4.69, 9.17) is 0 Å². The van der Waals surface area contributed by atoms with Gasteiger partial charge in [-0.15, -0.1) is 0 Å². The summed E-state index contributed by atoms with van der Waals surface area (Å²) in [6.45, 7) is 1.17. The van der Waals surface area contributed by atoms with Crippen molar-refractivity contribution in [2.75, 3.05) is 11.4 Å². The molecule has 2 atom stereocenters. The molecule has 0 N–H and O–H groups in total. The second-order valence-electron chi connectivity index (χ2n) is 5.05. The van der Waals surface area contributed by atoms with Crippen molar-refractivity contribution in [1.29, 1.82) is 0 Å². The van der Waals surface area contributed by atoms with Crippen LogP contribution in [0.3, 0.4) is 0 Å². The van der Waals surface area contributed by atoms with Gasteiger partial charge in [0.15, 0.2) is 5.65 Å². The lowest BCUT2D eigenvalue weighted by Gasteiger charge is -2.27. The Hall–Kier alpha value is -1.71. The molecule has 1 aliphatic heterocycles. The van der Waals surface area contributed by atoms with E-state index in [0.717, 1.165) is 22.9 Å². The second kappa shape index (κ2) is 3.39. The number of hydrogen-bond acceptors (Lipinski definition) is 4. The van der Waals surface area contributed by atoms with Crippen molar-refractivity contribution < 1.29 is 0 Å². The van der Waals surface area contributed by atoms with Crippen LogP contribution in [0.15, 0.2) is 24.5 Å². The number of pyridine rings is 1. The average Bonchev–Trinajstić information content (AvgIpc) is 3.00. The molecule has 2 bridgehead atoms. The van der Waals surface area contributed by atoms with Crippen molar-refractivity contribution in [3.05, 3.63) is 24.5 Å². The van der Waals surface area contributed by atoms with E-state index in [1.807, 2.05) is 6.07 Å². The molecule has 2 aromatic rings. The van der Waals surface area contributed by atoms with E-state index >= 15 is 0 Å². The summed E-state index contributed by atoms with van der Waals surface area (Å²) >= 11 is 0. The Kier molecular flexibility index (Phi) is 1.86. The van der Waals surface area contributed by atoms with Crippen molar-refractivity contribution in [1.82, 2.24) is 15.0 Å². The highest BCUT2D eigenvalue weighted by atomic mass is 15.2. The molecule has 17 heavy (non-hydrogen) atoms. The van der Waals surface area contributed by atoms with Crippen LogP contribution in [0.1, 0.15) is 19.3 Å². The molecular weight excluding hydrogens is 212 g/mol. The highest BCUT2D eigenvalue weighted by Gasteiger charge is 2.38. The summed E-state index contributed by atoms with van der Waals surface area (Å²) < 4.78 is 0. The van der Waals surface area contributed by atoms with E-state index in [-0.39, 0.29) is 0 Å². The highest BCUT2D eigenvalue weighted by Crippen LogP contribution is 2.39. The predicted molar refractivity (Wildman–Crippen MR) is 65.8 cm³/mol. The third-order valence-electron chi connectivity index (χ3n) is 4.02. The van der Waals surface area contributed by atoms with Crippen LogP contribution in [0, 0.1) is 5.92 Å². The second-order valence-corrected chi connectivity index (χ2v) is 5.05. The van der Waals surface area contributed by atoms with Crippen molar-refractivity contribution in [3.63, 3.8) is 0 Å². The Labute approximate surface area is 99.7 Å². The fourth-order valence-electron chi connectivity index (χ4n) is 3.21. The van der Waals surface area contributed by atoms with Crippen LogP contribution in [-0.4, -0.2) is 27.5 Å². The SMILES string of the molecule is c1cnc2nc(N3C[C@H]4CC[C@H]3C4)ccc2n1. The molecule has 1 saturated heterocycles. The monoisotopic (exact) mass is 226 g/mol. The van der Waals surface area contributed by atoms with E-state index in [0.29, 0.717) is 6.04 Å². The first-order chi connectivity index (χ1) is 8.40. The lowest BCUT2D eigenvalue weighted by molar-refractivity contribution is 0.551. The Morgan fingerprint density at radius 1 is 1.12 bits per heavy atom. The predicted octanol–water partition coefficient (Wildman–Crippen LogP) is 2.01. The molecule has 0 radical (unpaired) electrons. The van der Waals surface area contributed by atoms with Crippen LogP contribution >= 0.6 is 0 Å². The van der Waals surface area contributed by atoms with Crippen LogP contribution in [0.25, 0.3) is 11.2 Å². The first-order valence-electron chi connectivity index (χ1n) is 6.24. The van der Waals surface area contributed by atoms with Gasteiger partial charge in [0.1, 0.15) is 11.3 Å². The fourth-order valence-corrected chi connectivity index (χ4v) is 3.21. The molecule has 0 unspecified atom stereocenters. The Bertz CT molecular complexity index is 568. The van der Waals surface area contributed by atoms with E-state index in [1.165, 1.54) is 25.8 Å². The number of nitrogens with zero attached hydrogens (tertiary/aromatic N) is 4. The van der Waals surface area contributed by atoms with Crippen LogP contribution in [0.5, 0.6) is 0 Å². The normalized spacial score (nSPS) is 26.9. The molecule has 0 amide bonds. The summed E-state index contributed by atoms with van der Waals surface area (Å²) in [6.07, 6.45) is 7.48. The topological polar surface area (TPSA) is 41.9 Å². The summed E-state index contributed by atoms with van der Waals surface area (Å²) in [7, 11) is 0. The summed E-state index contributed by atoms with van der Waals surface area (Å²) in [5.74, 6) is 1.96. The van der Waals surface area contributed by atoms with Crippen LogP contribution in [-0.2, 0) is 0 Å². The summed E-state index contributed by atoms with van der Waals surface area (Å²) in [4.78, 5) is 15.6. The lowest BCUT2D eigenvalue weighted by Crippen LogP contribution is -2.32. The molecule has 2 aromatic heterocycles. The van der Waals surface area contributed by atoms with Crippen LogP contribution < -0.4 is 4.90 Å². The number of hydrogen-bond donors (Lipinski definition) is 0. The zero-order chi connectivity index (χ0) is 11.2. The van der Waals surface area contributed by atoms with Crippen molar-refractivity contribution in [3.8, 4) is 0 Å². The Morgan fingerprint density at radius 2 is 2.06 bits per heavy atom. The van der Waals surface area contributed by atoms with Gasteiger partial charge in [0, 0.05) is 25.0 Å². The van der Waals surface area contributed by atoms with Gasteiger partial charge in [0.05, 0.1) is 0 Å². The molecule has 3 heterocycles. The molecule has 4 heteroatoms. The van der Waals surface area contributed by atoms with Gasteiger partial charge in [-0.25, -0.2) is 9.97 Å². The van der Waals surface area contributed by atoms with Gasteiger partial charge < -0.3 is 4.90 Å².